The minimum Gasteiger partial charge on any atom is -0.490 e. The van der Waals surface area contributed by atoms with Crippen LogP contribution in [0.2, 0.25) is 0 Å². The summed E-state index contributed by atoms with van der Waals surface area (Å²) in [5.41, 5.74) is 0.0615. The van der Waals surface area contributed by atoms with Gasteiger partial charge in [0, 0.05) is 12.3 Å². The molecule has 156 valence electrons. The summed E-state index contributed by atoms with van der Waals surface area (Å²) in [5, 5.41) is 2.94. The Morgan fingerprint density at radius 2 is 1.82 bits per heavy atom. The molecule has 0 radical (unpaired) electrons. The Balaban J connectivity index is 2.25. The molecule has 1 atom stereocenters. The van der Waals surface area contributed by atoms with E-state index in [0.717, 1.165) is 25.7 Å². The van der Waals surface area contributed by atoms with E-state index in [2.05, 4.69) is 5.32 Å². The quantitative estimate of drug-likeness (QED) is 0.617. The molecule has 1 unspecified atom stereocenters. The van der Waals surface area contributed by atoms with Gasteiger partial charge in [-0.1, -0.05) is 26.2 Å². The van der Waals surface area contributed by atoms with Crippen LogP contribution in [0.1, 0.15) is 76.6 Å². The Morgan fingerprint density at radius 1 is 1.11 bits per heavy atom. The average molecular weight is 392 g/mol. The summed E-state index contributed by atoms with van der Waals surface area (Å²) in [7, 11) is 0. The predicted octanol–water partition coefficient (Wildman–Crippen LogP) is 4.72. The zero-order valence-corrected chi connectivity index (χ0v) is 17.5. The first-order valence-corrected chi connectivity index (χ1v) is 10.4. The van der Waals surface area contributed by atoms with Crippen molar-refractivity contribution in [2.24, 2.45) is 0 Å². The molecular formula is C22H33NO5. The molecule has 1 fully saturated rings. The topological polar surface area (TPSA) is 73.9 Å². The molecule has 0 heterocycles. The van der Waals surface area contributed by atoms with Gasteiger partial charge in [-0.3, -0.25) is 4.79 Å². The van der Waals surface area contributed by atoms with E-state index in [1.54, 1.807) is 25.1 Å². The van der Waals surface area contributed by atoms with Crippen molar-refractivity contribution >= 4 is 17.6 Å². The van der Waals surface area contributed by atoms with Crippen molar-refractivity contribution in [2.45, 2.75) is 77.9 Å². The molecule has 1 saturated carbocycles. The van der Waals surface area contributed by atoms with E-state index in [1.165, 1.54) is 0 Å². The van der Waals surface area contributed by atoms with E-state index < -0.39 is 11.6 Å². The number of esters is 1. The molecule has 0 aliphatic heterocycles. The molecule has 6 heteroatoms. The second kappa shape index (κ2) is 10.5. The zero-order chi connectivity index (χ0) is 20.6. The van der Waals surface area contributed by atoms with Crippen LogP contribution in [0.15, 0.2) is 18.2 Å². The van der Waals surface area contributed by atoms with Crippen LogP contribution in [0.5, 0.6) is 5.75 Å². The third-order valence-electron chi connectivity index (χ3n) is 5.13. The lowest BCUT2D eigenvalue weighted by Crippen LogP contribution is -2.47. The van der Waals surface area contributed by atoms with Crippen molar-refractivity contribution in [2.75, 3.05) is 18.5 Å². The number of hydrogen-bond donors (Lipinski definition) is 1. The van der Waals surface area contributed by atoms with E-state index in [4.69, 9.17) is 14.2 Å². The van der Waals surface area contributed by atoms with Gasteiger partial charge >= 0.3 is 5.97 Å². The molecule has 28 heavy (non-hydrogen) atoms. The molecule has 0 saturated heterocycles. The summed E-state index contributed by atoms with van der Waals surface area (Å²) in [6, 6.07) is 5.08. The van der Waals surface area contributed by atoms with Crippen LogP contribution in [0.4, 0.5) is 5.69 Å². The minimum absolute atomic E-state index is 0.0305. The molecule has 0 spiro atoms. The smallest absolute Gasteiger partial charge is 0.341 e. The molecule has 6 nitrogen and oxygen atoms in total. The second-order valence-corrected chi connectivity index (χ2v) is 7.21. The van der Waals surface area contributed by atoms with Gasteiger partial charge < -0.3 is 19.5 Å². The van der Waals surface area contributed by atoms with Gasteiger partial charge in [0.15, 0.2) is 0 Å². The molecule has 1 aliphatic rings. The molecule has 1 aliphatic carbocycles. The van der Waals surface area contributed by atoms with Crippen LogP contribution in [0.3, 0.4) is 0 Å². The summed E-state index contributed by atoms with van der Waals surface area (Å²) in [6.07, 6.45) is 5.29. The van der Waals surface area contributed by atoms with Crippen molar-refractivity contribution < 1.29 is 23.8 Å². The van der Waals surface area contributed by atoms with Gasteiger partial charge in [0.05, 0.1) is 12.7 Å². The SMILES string of the molecule is CCOC(=O)c1cc(NC(=O)C2(OCC)CCCCC2)ccc1OC(C)CC. The number of carbonyl (C=O) groups excluding carboxylic acids is 2. The lowest BCUT2D eigenvalue weighted by molar-refractivity contribution is -0.145. The highest BCUT2D eigenvalue weighted by atomic mass is 16.5. The Labute approximate surface area is 167 Å². The number of ether oxygens (including phenoxy) is 3. The van der Waals surface area contributed by atoms with E-state index >= 15 is 0 Å². The lowest BCUT2D eigenvalue weighted by Gasteiger charge is -2.35. The molecular weight excluding hydrogens is 358 g/mol. The molecule has 0 bridgehead atoms. The maximum absolute atomic E-state index is 13.0. The Kier molecular flexibility index (Phi) is 8.30. The third-order valence-corrected chi connectivity index (χ3v) is 5.13. The standard InChI is InChI=1S/C22H33NO5/c1-5-16(4)28-19-12-11-17(15-18(19)20(24)26-6-2)23-21(25)22(27-7-3)13-9-8-10-14-22/h11-12,15-16H,5-10,13-14H2,1-4H3,(H,23,25). The molecule has 1 N–H and O–H groups in total. The number of amides is 1. The second-order valence-electron chi connectivity index (χ2n) is 7.21. The van der Waals surface area contributed by atoms with Gasteiger partial charge in [0.1, 0.15) is 16.9 Å². The van der Waals surface area contributed by atoms with E-state index in [-0.39, 0.29) is 18.6 Å². The lowest BCUT2D eigenvalue weighted by atomic mass is 9.83. The number of carbonyl (C=O) groups is 2. The highest BCUT2D eigenvalue weighted by Gasteiger charge is 2.40. The van der Waals surface area contributed by atoms with Crippen LogP contribution in [-0.4, -0.2) is 36.8 Å². The van der Waals surface area contributed by atoms with Gasteiger partial charge in [-0.15, -0.1) is 0 Å². The fourth-order valence-corrected chi connectivity index (χ4v) is 3.46. The Bertz CT molecular complexity index is 661. The largest absolute Gasteiger partial charge is 0.490 e. The van der Waals surface area contributed by atoms with Crippen molar-refractivity contribution in [3.05, 3.63) is 23.8 Å². The molecule has 1 aromatic carbocycles. The van der Waals surface area contributed by atoms with E-state index in [9.17, 15) is 9.59 Å². The number of hydrogen-bond acceptors (Lipinski definition) is 5. The monoisotopic (exact) mass is 391 g/mol. The first-order chi connectivity index (χ1) is 13.5. The third kappa shape index (κ3) is 5.47. The number of anilines is 1. The first kappa shape index (κ1) is 22.2. The van der Waals surface area contributed by atoms with Crippen LogP contribution in [0.25, 0.3) is 0 Å². The molecule has 0 aromatic heterocycles. The normalized spacial score (nSPS) is 16.9. The average Bonchev–Trinajstić information content (AvgIpc) is 2.70. The van der Waals surface area contributed by atoms with Gasteiger partial charge in [0.2, 0.25) is 0 Å². The van der Waals surface area contributed by atoms with E-state index in [0.29, 0.717) is 36.4 Å². The van der Waals surface area contributed by atoms with Gasteiger partial charge in [0.25, 0.3) is 5.91 Å². The minimum atomic E-state index is -0.789. The van der Waals surface area contributed by atoms with Gasteiger partial charge in [-0.25, -0.2) is 4.79 Å². The fourth-order valence-electron chi connectivity index (χ4n) is 3.46. The molecule has 2 rings (SSSR count). The summed E-state index contributed by atoms with van der Waals surface area (Å²) in [4.78, 5) is 25.4. The number of benzene rings is 1. The number of rotatable bonds is 9. The molecule has 1 amide bonds. The van der Waals surface area contributed by atoms with Crippen molar-refractivity contribution in [1.29, 1.82) is 0 Å². The first-order valence-electron chi connectivity index (χ1n) is 10.4. The number of nitrogens with one attached hydrogen (secondary N) is 1. The zero-order valence-electron chi connectivity index (χ0n) is 17.5. The maximum Gasteiger partial charge on any atom is 0.341 e. The Morgan fingerprint density at radius 3 is 2.43 bits per heavy atom. The predicted molar refractivity (Wildman–Crippen MR) is 109 cm³/mol. The highest BCUT2D eigenvalue weighted by molar-refractivity contribution is 5.99. The van der Waals surface area contributed by atoms with Crippen LogP contribution >= 0.6 is 0 Å². The van der Waals surface area contributed by atoms with Crippen molar-refractivity contribution in [1.82, 2.24) is 0 Å². The van der Waals surface area contributed by atoms with Crippen LogP contribution in [-0.2, 0) is 14.3 Å². The summed E-state index contributed by atoms with van der Waals surface area (Å²) in [5.74, 6) is -0.156. The summed E-state index contributed by atoms with van der Waals surface area (Å²) in [6.45, 7) is 8.38. The van der Waals surface area contributed by atoms with Gasteiger partial charge in [-0.2, -0.15) is 0 Å². The van der Waals surface area contributed by atoms with Gasteiger partial charge in [-0.05, 0) is 58.2 Å². The highest BCUT2D eigenvalue weighted by Crippen LogP contribution is 2.33. The van der Waals surface area contributed by atoms with Crippen LogP contribution < -0.4 is 10.1 Å². The maximum atomic E-state index is 13.0. The van der Waals surface area contributed by atoms with E-state index in [1.807, 2.05) is 20.8 Å². The van der Waals surface area contributed by atoms with Crippen molar-refractivity contribution in [3.8, 4) is 5.75 Å². The van der Waals surface area contributed by atoms with Crippen LogP contribution in [0, 0.1) is 0 Å². The fraction of sp³-hybridized carbons (Fsp3) is 0.636. The summed E-state index contributed by atoms with van der Waals surface area (Å²) >= 11 is 0. The molecule has 1 aromatic rings. The summed E-state index contributed by atoms with van der Waals surface area (Å²) < 4.78 is 16.9. The van der Waals surface area contributed by atoms with Crippen molar-refractivity contribution in [3.63, 3.8) is 0 Å². The Hall–Kier alpha value is -2.08.